The number of aromatic nitrogens is 1. The molecule has 2 heterocycles. The van der Waals surface area contributed by atoms with Gasteiger partial charge in [0.1, 0.15) is 21.1 Å². The monoisotopic (exact) mass is 510 g/mol. The van der Waals surface area contributed by atoms with Gasteiger partial charge in [-0.15, -0.1) is 11.3 Å². The van der Waals surface area contributed by atoms with Gasteiger partial charge in [0.15, 0.2) is 0 Å². The Hall–Kier alpha value is -4.76. The van der Waals surface area contributed by atoms with Crippen LogP contribution in [0.4, 0.5) is 17.1 Å². The SMILES string of the molecule is COc1ccc(NC(=O)c2sc3nc(-c4ccc(C)cc4)cc(-c4ccccc4)c3c2N)c([N+](=O)[O-])c1. The maximum Gasteiger partial charge on any atom is 0.296 e. The van der Waals surface area contributed by atoms with Crippen molar-refractivity contribution in [1.82, 2.24) is 4.98 Å². The predicted octanol–water partition coefficient (Wildman–Crippen LogP) is 6.69. The summed E-state index contributed by atoms with van der Waals surface area (Å²) in [5.41, 5.74) is 11.2. The summed E-state index contributed by atoms with van der Waals surface area (Å²) in [6, 6.07) is 24.0. The molecule has 1 amide bonds. The molecule has 0 aliphatic carbocycles. The molecule has 0 spiro atoms. The van der Waals surface area contributed by atoms with Gasteiger partial charge in [-0.3, -0.25) is 14.9 Å². The van der Waals surface area contributed by atoms with Gasteiger partial charge in [0.2, 0.25) is 0 Å². The van der Waals surface area contributed by atoms with Gasteiger partial charge in [-0.1, -0.05) is 60.2 Å². The van der Waals surface area contributed by atoms with Gasteiger partial charge in [-0.05, 0) is 36.2 Å². The van der Waals surface area contributed by atoms with Gasteiger partial charge in [0.05, 0.1) is 29.5 Å². The van der Waals surface area contributed by atoms with Crippen LogP contribution in [0.5, 0.6) is 5.75 Å². The summed E-state index contributed by atoms with van der Waals surface area (Å²) in [5.74, 6) is -0.240. The second-order valence-corrected chi connectivity index (χ2v) is 9.41. The molecule has 0 saturated heterocycles. The lowest BCUT2D eigenvalue weighted by molar-refractivity contribution is -0.384. The molecule has 0 aliphatic rings. The summed E-state index contributed by atoms with van der Waals surface area (Å²) in [5, 5.41) is 14.9. The van der Waals surface area contributed by atoms with Crippen LogP contribution in [0.15, 0.2) is 78.9 Å². The number of fused-ring (bicyclic) bond motifs is 1. The molecule has 5 aromatic rings. The van der Waals surface area contributed by atoms with Crippen molar-refractivity contribution in [3.63, 3.8) is 0 Å². The number of hydrogen-bond donors (Lipinski definition) is 2. The molecule has 0 radical (unpaired) electrons. The van der Waals surface area contributed by atoms with Crippen LogP contribution in [0, 0.1) is 17.0 Å². The maximum absolute atomic E-state index is 13.3. The number of nitro groups is 1. The van der Waals surface area contributed by atoms with Crippen LogP contribution in [-0.4, -0.2) is 22.9 Å². The quantitative estimate of drug-likeness (QED) is 0.194. The van der Waals surface area contributed by atoms with E-state index in [9.17, 15) is 14.9 Å². The number of pyridine rings is 1. The predicted molar refractivity (Wildman–Crippen MR) is 147 cm³/mol. The van der Waals surface area contributed by atoms with E-state index in [0.717, 1.165) is 39.3 Å². The third kappa shape index (κ3) is 4.60. The zero-order valence-electron chi connectivity index (χ0n) is 20.0. The third-order valence-corrected chi connectivity index (χ3v) is 7.09. The molecule has 0 aliphatic heterocycles. The number of nitrogens with one attached hydrogen (secondary N) is 1. The Balaban J connectivity index is 1.63. The first-order valence-electron chi connectivity index (χ1n) is 11.3. The van der Waals surface area contributed by atoms with Crippen molar-refractivity contribution in [1.29, 1.82) is 0 Å². The highest BCUT2D eigenvalue weighted by molar-refractivity contribution is 7.21. The zero-order chi connectivity index (χ0) is 26.1. The summed E-state index contributed by atoms with van der Waals surface area (Å²) in [4.78, 5) is 30.0. The highest BCUT2D eigenvalue weighted by atomic mass is 32.1. The molecule has 0 bridgehead atoms. The Morgan fingerprint density at radius 1 is 1.03 bits per heavy atom. The van der Waals surface area contributed by atoms with Crippen LogP contribution in [0.25, 0.3) is 32.6 Å². The van der Waals surface area contributed by atoms with Gasteiger partial charge in [0.25, 0.3) is 11.6 Å². The highest BCUT2D eigenvalue weighted by Gasteiger charge is 2.24. The first-order valence-corrected chi connectivity index (χ1v) is 12.2. The lowest BCUT2D eigenvalue weighted by atomic mass is 9.99. The van der Waals surface area contributed by atoms with Gasteiger partial charge in [-0.2, -0.15) is 0 Å². The molecule has 3 N–H and O–H groups in total. The second kappa shape index (κ2) is 9.71. The fourth-order valence-electron chi connectivity index (χ4n) is 4.08. The molecule has 8 nitrogen and oxygen atoms in total. The molecule has 3 aromatic carbocycles. The number of nitrogens with zero attached hydrogens (tertiary/aromatic N) is 2. The lowest BCUT2D eigenvalue weighted by Crippen LogP contribution is -2.13. The second-order valence-electron chi connectivity index (χ2n) is 8.41. The van der Waals surface area contributed by atoms with Crippen molar-refractivity contribution < 1.29 is 14.5 Å². The van der Waals surface area contributed by atoms with E-state index in [1.807, 2.05) is 67.6 Å². The number of carbonyl (C=O) groups is 1. The summed E-state index contributed by atoms with van der Waals surface area (Å²) in [6.07, 6.45) is 0. The van der Waals surface area contributed by atoms with Gasteiger partial charge in [-0.25, -0.2) is 4.98 Å². The van der Waals surface area contributed by atoms with Crippen LogP contribution in [0.2, 0.25) is 0 Å². The summed E-state index contributed by atoms with van der Waals surface area (Å²) in [6.45, 7) is 2.02. The van der Waals surface area contributed by atoms with E-state index in [1.54, 1.807) is 6.07 Å². The molecular formula is C28H22N4O4S. The number of rotatable bonds is 6. The first-order chi connectivity index (χ1) is 17.9. The number of benzene rings is 3. The van der Waals surface area contributed by atoms with E-state index in [0.29, 0.717) is 16.0 Å². The average molecular weight is 511 g/mol. The van der Waals surface area contributed by atoms with Crippen molar-refractivity contribution in [2.45, 2.75) is 6.92 Å². The molecule has 0 unspecified atom stereocenters. The van der Waals surface area contributed by atoms with Crippen molar-refractivity contribution in [3.8, 4) is 28.1 Å². The molecule has 0 atom stereocenters. The molecular weight excluding hydrogens is 488 g/mol. The number of nitrogen functional groups attached to an aromatic ring is 1. The molecule has 184 valence electrons. The van der Waals surface area contributed by atoms with Crippen molar-refractivity contribution in [3.05, 3.63) is 99.4 Å². The molecule has 0 saturated carbocycles. The zero-order valence-corrected chi connectivity index (χ0v) is 20.8. The summed E-state index contributed by atoms with van der Waals surface area (Å²) < 4.78 is 5.07. The van der Waals surface area contributed by atoms with Crippen LogP contribution in [0.1, 0.15) is 15.2 Å². The minimum absolute atomic E-state index is 0.0456. The van der Waals surface area contributed by atoms with Crippen molar-refractivity contribution in [2.75, 3.05) is 18.2 Å². The first kappa shape index (κ1) is 24.0. The normalized spacial score (nSPS) is 10.9. The number of methoxy groups -OCH3 is 1. The number of nitrogens with two attached hydrogens (primary N) is 1. The van der Waals surface area contributed by atoms with Gasteiger partial charge >= 0.3 is 0 Å². The molecule has 2 aromatic heterocycles. The number of nitro benzene ring substituents is 1. The Kier molecular flexibility index (Phi) is 6.29. The van der Waals surface area contributed by atoms with Crippen molar-refractivity contribution >= 4 is 44.5 Å². The molecule has 37 heavy (non-hydrogen) atoms. The number of aryl methyl sites for hydroxylation is 1. The standard InChI is InChI=1S/C28H22N4O4S/c1-16-8-10-18(11-9-16)22-15-20(17-6-4-3-5-7-17)24-25(29)26(37-28(24)31-22)27(33)30-21-13-12-19(36-2)14-23(21)32(34)35/h3-15H,29H2,1-2H3,(H,30,33). The van der Waals surface area contributed by atoms with Gasteiger partial charge < -0.3 is 15.8 Å². The van der Waals surface area contributed by atoms with E-state index in [-0.39, 0.29) is 21.9 Å². The average Bonchev–Trinajstić information content (AvgIpc) is 3.25. The van der Waals surface area contributed by atoms with E-state index in [1.165, 1.54) is 19.2 Å². The number of carbonyl (C=O) groups excluding carboxylic acids is 1. The lowest BCUT2D eigenvalue weighted by Gasteiger charge is -2.09. The fraction of sp³-hybridized carbons (Fsp3) is 0.0714. The topological polar surface area (TPSA) is 120 Å². The number of hydrogen-bond acceptors (Lipinski definition) is 7. The Morgan fingerprint density at radius 2 is 1.76 bits per heavy atom. The van der Waals surface area contributed by atoms with E-state index >= 15 is 0 Å². The van der Waals surface area contributed by atoms with Crippen LogP contribution < -0.4 is 15.8 Å². The van der Waals surface area contributed by atoms with E-state index in [2.05, 4.69) is 5.32 Å². The number of thiophene rings is 1. The number of amides is 1. The van der Waals surface area contributed by atoms with Crippen LogP contribution in [-0.2, 0) is 0 Å². The molecule has 9 heteroatoms. The highest BCUT2D eigenvalue weighted by Crippen LogP contribution is 2.42. The summed E-state index contributed by atoms with van der Waals surface area (Å²) >= 11 is 1.15. The van der Waals surface area contributed by atoms with Crippen LogP contribution >= 0.6 is 11.3 Å². The summed E-state index contributed by atoms with van der Waals surface area (Å²) in [7, 11) is 1.41. The van der Waals surface area contributed by atoms with E-state index < -0.39 is 10.8 Å². The maximum atomic E-state index is 13.3. The smallest absolute Gasteiger partial charge is 0.296 e. The third-order valence-electron chi connectivity index (χ3n) is 5.99. The minimum Gasteiger partial charge on any atom is -0.496 e. The van der Waals surface area contributed by atoms with E-state index in [4.69, 9.17) is 15.5 Å². The molecule has 5 rings (SSSR count). The number of ether oxygens (including phenoxy) is 1. The Labute approximate surface area is 216 Å². The van der Waals surface area contributed by atoms with Gasteiger partial charge in [0, 0.05) is 10.9 Å². The fourth-order valence-corrected chi connectivity index (χ4v) is 5.10. The largest absolute Gasteiger partial charge is 0.496 e. The Bertz CT molecular complexity index is 1650. The Morgan fingerprint density at radius 3 is 2.43 bits per heavy atom. The number of anilines is 2. The van der Waals surface area contributed by atoms with Crippen molar-refractivity contribution in [2.24, 2.45) is 0 Å². The molecule has 0 fully saturated rings. The van der Waals surface area contributed by atoms with Crippen LogP contribution in [0.3, 0.4) is 0 Å². The minimum atomic E-state index is -0.574.